The average molecular weight is 295 g/mol. The molecular weight excluding hydrogens is 280 g/mol. The summed E-state index contributed by atoms with van der Waals surface area (Å²) in [5.74, 6) is -3.42. The van der Waals surface area contributed by atoms with Crippen molar-refractivity contribution in [2.45, 2.75) is 31.2 Å². The molecule has 6 heteroatoms. The van der Waals surface area contributed by atoms with Crippen molar-refractivity contribution in [2.24, 2.45) is 11.8 Å². The molecule has 0 saturated heterocycles. The molecule has 3 unspecified atom stereocenters. The summed E-state index contributed by atoms with van der Waals surface area (Å²) in [5.41, 5.74) is 0.315. The highest BCUT2D eigenvalue weighted by Crippen LogP contribution is 2.48. The van der Waals surface area contributed by atoms with Crippen LogP contribution in [0.25, 0.3) is 0 Å². The van der Waals surface area contributed by atoms with Gasteiger partial charge in [-0.2, -0.15) is 0 Å². The van der Waals surface area contributed by atoms with Crippen LogP contribution >= 0.6 is 0 Å². The number of hydrogen-bond acceptors (Lipinski definition) is 2. The predicted octanol–water partition coefficient (Wildman–Crippen LogP) is 2.05. The van der Waals surface area contributed by atoms with Crippen LogP contribution in [0.5, 0.6) is 0 Å². The van der Waals surface area contributed by atoms with Gasteiger partial charge < -0.3 is 10.4 Å². The van der Waals surface area contributed by atoms with Crippen LogP contribution in [0, 0.1) is 23.5 Å². The van der Waals surface area contributed by atoms with Crippen LogP contribution in [-0.4, -0.2) is 23.0 Å². The highest BCUT2D eigenvalue weighted by molar-refractivity contribution is 5.87. The summed E-state index contributed by atoms with van der Waals surface area (Å²) < 4.78 is 26.5. The van der Waals surface area contributed by atoms with Gasteiger partial charge in [-0.05, 0) is 42.7 Å². The van der Waals surface area contributed by atoms with E-state index in [0.717, 1.165) is 25.0 Å². The van der Waals surface area contributed by atoms with E-state index in [1.807, 2.05) is 0 Å². The molecule has 3 atom stereocenters. The fourth-order valence-corrected chi connectivity index (χ4v) is 2.70. The Morgan fingerprint density at radius 2 is 2.00 bits per heavy atom. The number of hydrogen-bond donors (Lipinski definition) is 2. The van der Waals surface area contributed by atoms with Gasteiger partial charge in [0.15, 0.2) is 0 Å². The zero-order chi connectivity index (χ0) is 15.1. The Labute approximate surface area is 120 Å². The van der Waals surface area contributed by atoms with Gasteiger partial charge in [-0.1, -0.05) is 6.07 Å². The molecule has 3 rings (SSSR count). The second-order valence-electron chi connectivity index (χ2n) is 5.78. The number of rotatable bonds is 5. The van der Waals surface area contributed by atoms with Crippen molar-refractivity contribution in [3.05, 3.63) is 35.4 Å². The lowest BCUT2D eigenvalue weighted by atomic mass is 10.1. The molecule has 2 saturated carbocycles. The molecule has 0 aliphatic heterocycles. The Bertz CT molecular complexity index is 601. The topological polar surface area (TPSA) is 66.4 Å². The van der Waals surface area contributed by atoms with Gasteiger partial charge in [-0.25, -0.2) is 13.6 Å². The number of aliphatic carboxylic acids is 1. The number of carbonyl (C=O) groups excluding carboxylic acids is 1. The van der Waals surface area contributed by atoms with Gasteiger partial charge >= 0.3 is 5.97 Å². The number of benzene rings is 1. The Hall–Kier alpha value is -1.98. The molecule has 0 radical (unpaired) electrons. The molecule has 4 nitrogen and oxygen atoms in total. The van der Waals surface area contributed by atoms with Crippen LogP contribution in [-0.2, 0) is 9.59 Å². The van der Waals surface area contributed by atoms with Gasteiger partial charge in [0.1, 0.15) is 17.7 Å². The number of nitrogens with one attached hydrogen (secondary N) is 1. The van der Waals surface area contributed by atoms with Crippen molar-refractivity contribution in [1.29, 1.82) is 0 Å². The summed E-state index contributed by atoms with van der Waals surface area (Å²) in [6, 6.07) is 2.46. The van der Waals surface area contributed by atoms with Gasteiger partial charge in [-0.15, -0.1) is 0 Å². The van der Waals surface area contributed by atoms with Crippen LogP contribution in [0.1, 0.15) is 30.7 Å². The van der Waals surface area contributed by atoms with Gasteiger partial charge in [0.2, 0.25) is 5.91 Å². The summed E-state index contributed by atoms with van der Waals surface area (Å²) in [5, 5.41) is 11.6. The van der Waals surface area contributed by atoms with Crippen LogP contribution in [0.15, 0.2) is 18.2 Å². The molecule has 0 heterocycles. The number of carboxylic acids is 1. The van der Waals surface area contributed by atoms with Crippen LogP contribution in [0.3, 0.4) is 0 Å². The molecule has 112 valence electrons. The van der Waals surface area contributed by atoms with E-state index >= 15 is 0 Å². The molecule has 0 bridgehead atoms. The van der Waals surface area contributed by atoms with Crippen LogP contribution in [0.2, 0.25) is 0 Å². The fourth-order valence-electron chi connectivity index (χ4n) is 2.70. The van der Waals surface area contributed by atoms with Gasteiger partial charge in [0, 0.05) is 12.0 Å². The second kappa shape index (κ2) is 5.09. The third kappa shape index (κ3) is 2.89. The zero-order valence-corrected chi connectivity index (χ0v) is 11.2. The van der Waals surface area contributed by atoms with E-state index in [9.17, 15) is 18.4 Å². The summed E-state index contributed by atoms with van der Waals surface area (Å²) in [4.78, 5) is 23.1. The van der Waals surface area contributed by atoms with E-state index in [4.69, 9.17) is 5.11 Å². The molecule has 2 N–H and O–H groups in total. The molecular formula is C15H15F2NO3. The number of halogens is 2. The lowest BCUT2D eigenvalue weighted by Crippen LogP contribution is -2.43. The Morgan fingerprint density at radius 3 is 2.57 bits per heavy atom. The molecule has 1 aromatic carbocycles. The van der Waals surface area contributed by atoms with E-state index in [-0.39, 0.29) is 17.7 Å². The smallest absolute Gasteiger partial charge is 0.326 e. The van der Waals surface area contributed by atoms with Crippen molar-refractivity contribution in [1.82, 2.24) is 5.32 Å². The number of amides is 1. The van der Waals surface area contributed by atoms with Crippen molar-refractivity contribution in [3.63, 3.8) is 0 Å². The molecule has 2 aliphatic carbocycles. The van der Waals surface area contributed by atoms with Crippen molar-refractivity contribution >= 4 is 11.9 Å². The number of carboxylic acid groups (broad SMARTS) is 1. The first-order chi connectivity index (χ1) is 9.97. The normalized spacial score (nSPS) is 25.2. The Balaban J connectivity index is 1.64. The molecule has 2 fully saturated rings. The summed E-state index contributed by atoms with van der Waals surface area (Å²) in [6.07, 6.45) is 2.07. The van der Waals surface area contributed by atoms with Gasteiger partial charge in [-0.3, -0.25) is 4.79 Å². The zero-order valence-electron chi connectivity index (χ0n) is 11.2. The van der Waals surface area contributed by atoms with E-state index < -0.39 is 29.6 Å². The monoisotopic (exact) mass is 295 g/mol. The third-order valence-corrected chi connectivity index (χ3v) is 4.15. The molecule has 0 spiro atoms. The third-order valence-electron chi connectivity index (χ3n) is 4.15. The van der Waals surface area contributed by atoms with Crippen molar-refractivity contribution in [3.8, 4) is 0 Å². The second-order valence-corrected chi connectivity index (χ2v) is 5.78. The molecule has 21 heavy (non-hydrogen) atoms. The van der Waals surface area contributed by atoms with E-state index in [1.165, 1.54) is 6.07 Å². The van der Waals surface area contributed by atoms with Crippen LogP contribution in [0.4, 0.5) is 8.78 Å². The fraction of sp³-hybridized carbons (Fsp3) is 0.467. The Morgan fingerprint density at radius 1 is 1.29 bits per heavy atom. The maximum absolute atomic E-state index is 13.6. The highest BCUT2D eigenvalue weighted by atomic mass is 19.1. The summed E-state index contributed by atoms with van der Waals surface area (Å²) in [7, 11) is 0. The lowest BCUT2D eigenvalue weighted by molar-refractivity contribution is -0.142. The molecule has 2 aliphatic rings. The first-order valence-electron chi connectivity index (χ1n) is 6.95. The summed E-state index contributed by atoms with van der Waals surface area (Å²) in [6.45, 7) is 0. The highest BCUT2D eigenvalue weighted by Gasteiger charge is 2.47. The predicted molar refractivity (Wildman–Crippen MR) is 69.5 cm³/mol. The van der Waals surface area contributed by atoms with E-state index in [2.05, 4.69) is 5.32 Å². The van der Waals surface area contributed by atoms with Crippen LogP contribution < -0.4 is 5.32 Å². The standard InChI is InChI=1S/C15H15F2NO3/c16-8-3-4-9(12(17)5-8)10-6-11(10)14(19)18-13(15(20)21)7-1-2-7/h3-5,7,10-11,13H,1-2,6H2,(H,18,19)(H,20,21). The average Bonchev–Trinajstić information content (AvgIpc) is 3.27. The minimum absolute atomic E-state index is 0.00575. The minimum Gasteiger partial charge on any atom is -0.480 e. The van der Waals surface area contributed by atoms with Crippen molar-refractivity contribution < 1.29 is 23.5 Å². The maximum Gasteiger partial charge on any atom is 0.326 e. The molecule has 0 aromatic heterocycles. The lowest BCUT2D eigenvalue weighted by Gasteiger charge is -2.13. The molecule has 1 aromatic rings. The first-order valence-corrected chi connectivity index (χ1v) is 6.95. The molecule has 1 amide bonds. The quantitative estimate of drug-likeness (QED) is 0.873. The van der Waals surface area contributed by atoms with E-state index in [0.29, 0.717) is 12.0 Å². The minimum atomic E-state index is -1.03. The first kappa shape index (κ1) is 14.0. The van der Waals surface area contributed by atoms with E-state index in [1.54, 1.807) is 0 Å². The van der Waals surface area contributed by atoms with Crippen molar-refractivity contribution in [2.75, 3.05) is 0 Å². The maximum atomic E-state index is 13.6. The summed E-state index contributed by atoms with van der Waals surface area (Å²) >= 11 is 0. The largest absolute Gasteiger partial charge is 0.480 e. The number of carbonyl (C=O) groups is 2. The van der Waals surface area contributed by atoms with Gasteiger partial charge in [0.05, 0.1) is 0 Å². The SMILES string of the molecule is O=C(NC(C(=O)O)C1CC1)C1CC1c1ccc(F)cc1F. The Kier molecular flexibility index (Phi) is 3.39. The van der Waals surface area contributed by atoms with Gasteiger partial charge in [0.25, 0.3) is 0 Å².